The average Bonchev–Trinajstić information content (AvgIpc) is 2.31. The van der Waals surface area contributed by atoms with Crippen molar-refractivity contribution >= 4 is 0 Å². The molecule has 1 saturated carbocycles. The summed E-state index contributed by atoms with van der Waals surface area (Å²) in [6.07, 6.45) is 3.89. The number of nitrogens with one attached hydrogen (secondary N) is 1. The molecule has 1 aliphatic carbocycles. The minimum Gasteiger partial charge on any atom is -0.327 e. The van der Waals surface area contributed by atoms with Gasteiger partial charge in [0.2, 0.25) is 0 Å². The molecule has 0 aromatic carbocycles. The molecule has 0 saturated heterocycles. The van der Waals surface area contributed by atoms with Crippen LogP contribution in [0.15, 0.2) is 0 Å². The third kappa shape index (κ3) is 1.96. The highest BCUT2D eigenvalue weighted by molar-refractivity contribution is 4.81. The van der Waals surface area contributed by atoms with Gasteiger partial charge in [0.15, 0.2) is 0 Å². The molecule has 1 fully saturated rings. The van der Waals surface area contributed by atoms with Crippen LogP contribution < -0.4 is 11.1 Å². The van der Waals surface area contributed by atoms with Crippen LogP contribution in [-0.2, 0) is 0 Å². The van der Waals surface area contributed by atoms with E-state index >= 15 is 0 Å². The average molecular weight is 142 g/mol. The quantitative estimate of drug-likeness (QED) is 0.609. The fourth-order valence-corrected chi connectivity index (χ4v) is 1.65. The van der Waals surface area contributed by atoms with Crippen molar-refractivity contribution in [1.29, 1.82) is 0 Å². The highest BCUT2D eigenvalue weighted by Crippen LogP contribution is 2.22. The van der Waals surface area contributed by atoms with Crippen molar-refractivity contribution in [2.24, 2.45) is 11.7 Å². The molecule has 60 valence electrons. The van der Waals surface area contributed by atoms with Crippen LogP contribution in [0.3, 0.4) is 0 Å². The maximum absolute atomic E-state index is 5.88. The smallest absolute Gasteiger partial charge is 0.00792 e. The molecule has 0 aromatic rings. The monoisotopic (exact) mass is 142 g/mol. The van der Waals surface area contributed by atoms with Gasteiger partial charge in [-0.25, -0.2) is 0 Å². The first-order valence-electron chi connectivity index (χ1n) is 4.31. The normalized spacial score (nSPS) is 33.0. The number of hydrogen-bond donors (Lipinski definition) is 2. The van der Waals surface area contributed by atoms with Gasteiger partial charge in [-0.3, -0.25) is 0 Å². The molecule has 0 aromatic heterocycles. The standard InChI is InChI=1S/C8H18N2/c1-2-10-6-7-4-3-5-8(7)9/h7-8,10H,2-6,9H2,1H3. The van der Waals surface area contributed by atoms with Gasteiger partial charge in [-0.1, -0.05) is 13.3 Å². The van der Waals surface area contributed by atoms with Crippen LogP contribution in [0, 0.1) is 5.92 Å². The topological polar surface area (TPSA) is 38.0 Å². The van der Waals surface area contributed by atoms with Gasteiger partial charge < -0.3 is 11.1 Å². The van der Waals surface area contributed by atoms with E-state index in [0.29, 0.717) is 6.04 Å². The molecule has 0 heterocycles. The van der Waals surface area contributed by atoms with E-state index in [1.54, 1.807) is 0 Å². The molecule has 0 spiro atoms. The predicted octanol–water partition coefficient (Wildman–Crippen LogP) is 0.723. The Bertz CT molecular complexity index is 93.3. The van der Waals surface area contributed by atoms with Crippen molar-refractivity contribution in [2.75, 3.05) is 13.1 Å². The van der Waals surface area contributed by atoms with Crippen molar-refractivity contribution in [2.45, 2.75) is 32.2 Å². The van der Waals surface area contributed by atoms with Gasteiger partial charge >= 0.3 is 0 Å². The molecule has 1 aliphatic rings. The first-order valence-corrected chi connectivity index (χ1v) is 4.31. The SMILES string of the molecule is CCNCC1CCCC1N. The summed E-state index contributed by atoms with van der Waals surface area (Å²) in [7, 11) is 0. The van der Waals surface area contributed by atoms with E-state index in [9.17, 15) is 0 Å². The van der Waals surface area contributed by atoms with Crippen LogP contribution in [0.4, 0.5) is 0 Å². The zero-order valence-corrected chi connectivity index (χ0v) is 6.77. The number of rotatable bonds is 3. The second-order valence-corrected chi connectivity index (χ2v) is 3.16. The highest BCUT2D eigenvalue weighted by Gasteiger charge is 2.22. The largest absolute Gasteiger partial charge is 0.327 e. The molecule has 2 unspecified atom stereocenters. The van der Waals surface area contributed by atoms with Gasteiger partial charge in [0.05, 0.1) is 0 Å². The van der Waals surface area contributed by atoms with Crippen LogP contribution in [0.2, 0.25) is 0 Å². The van der Waals surface area contributed by atoms with Crippen molar-refractivity contribution in [3.8, 4) is 0 Å². The molecule has 0 amide bonds. The molecule has 10 heavy (non-hydrogen) atoms. The molecular weight excluding hydrogens is 124 g/mol. The molecule has 2 heteroatoms. The Hall–Kier alpha value is -0.0800. The summed E-state index contributed by atoms with van der Waals surface area (Å²) in [6.45, 7) is 4.33. The van der Waals surface area contributed by atoms with E-state index in [1.807, 2.05) is 0 Å². The van der Waals surface area contributed by atoms with Gasteiger partial charge in [0.1, 0.15) is 0 Å². The van der Waals surface area contributed by atoms with Gasteiger partial charge in [-0.05, 0) is 31.8 Å². The summed E-state index contributed by atoms with van der Waals surface area (Å²) in [5, 5.41) is 3.34. The lowest BCUT2D eigenvalue weighted by atomic mass is 10.1. The molecule has 0 radical (unpaired) electrons. The Morgan fingerprint density at radius 1 is 1.50 bits per heavy atom. The Labute approximate surface area is 63.2 Å². The number of nitrogens with two attached hydrogens (primary N) is 1. The van der Waals surface area contributed by atoms with Gasteiger partial charge in [0.25, 0.3) is 0 Å². The summed E-state index contributed by atoms with van der Waals surface area (Å²) in [5.74, 6) is 0.750. The second-order valence-electron chi connectivity index (χ2n) is 3.16. The fourth-order valence-electron chi connectivity index (χ4n) is 1.65. The van der Waals surface area contributed by atoms with Gasteiger partial charge in [0, 0.05) is 6.04 Å². The van der Waals surface area contributed by atoms with Crippen molar-refractivity contribution in [1.82, 2.24) is 5.32 Å². The molecule has 0 bridgehead atoms. The van der Waals surface area contributed by atoms with Crippen molar-refractivity contribution in [3.63, 3.8) is 0 Å². The fraction of sp³-hybridized carbons (Fsp3) is 1.00. The molecule has 2 nitrogen and oxygen atoms in total. The minimum absolute atomic E-state index is 0.471. The van der Waals surface area contributed by atoms with Crippen LogP contribution in [0.5, 0.6) is 0 Å². The van der Waals surface area contributed by atoms with E-state index < -0.39 is 0 Å². The first kappa shape index (κ1) is 8.02. The van der Waals surface area contributed by atoms with Crippen LogP contribution in [-0.4, -0.2) is 19.1 Å². The minimum atomic E-state index is 0.471. The zero-order valence-electron chi connectivity index (χ0n) is 6.77. The zero-order chi connectivity index (χ0) is 7.40. The van der Waals surface area contributed by atoms with Gasteiger partial charge in [-0.2, -0.15) is 0 Å². The second kappa shape index (κ2) is 3.94. The third-order valence-corrected chi connectivity index (χ3v) is 2.37. The van der Waals surface area contributed by atoms with Crippen LogP contribution in [0.25, 0.3) is 0 Å². The Morgan fingerprint density at radius 2 is 2.30 bits per heavy atom. The lowest BCUT2D eigenvalue weighted by Crippen LogP contribution is -2.32. The summed E-state index contributed by atoms with van der Waals surface area (Å²) in [5.41, 5.74) is 5.88. The molecule has 3 N–H and O–H groups in total. The lowest BCUT2D eigenvalue weighted by Gasteiger charge is -2.14. The van der Waals surface area contributed by atoms with Gasteiger partial charge in [-0.15, -0.1) is 0 Å². The van der Waals surface area contributed by atoms with E-state index in [4.69, 9.17) is 5.73 Å². The molecule has 0 aliphatic heterocycles. The molecule has 1 rings (SSSR count). The van der Waals surface area contributed by atoms with E-state index in [-0.39, 0.29) is 0 Å². The number of hydrogen-bond acceptors (Lipinski definition) is 2. The summed E-state index contributed by atoms with van der Waals surface area (Å²) < 4.78 is 0. The predicted molar refractivity (Wildman–Crippen MR) is 43.9 cm³/mol. The van der Waals surface area contributed by atoms with Crippen molar-refractivity contribution < 1.29 is 0 Å². The van der Waals surface area contributed by atoms with Crippen molar-refractivity contribution in [3.05, 3.63) is 0 Å². The Kier molecular flexibility index (Phi) is 3.16. The van der Waals surface area contributed by atoms with Crippen LogP contribution >= 0.6 is 0 Å². The maximum Gasteiger partial charge on any atom is 0.00792 e. The molecule has 2 atom stereocenters. The lowest BCUT2D eigenvalue weighted by molar-refractivity contribution is 0.448. The van der Waals surface area contributed by atoms with E-state index in [1.165, 1.54) is 19.3 Å². The molecular formula is C8H18N2. The Morgan fingerprint density at radius 3 is 2.80 bits per heavy atom. The highest BCUT2D eigenvalue weighted by atomic mass is 14.9. The Balaban J connectivity index is 2.14. The maximum atomic E-state index is 5.88. The summed E-state index contributed by atoms with van der Waals surface area (Å²) >= 11 is 0. The third-order valence-electron chi connectivity index (χ3n) is 2.37. The van der Waals surface area contributed by atoms with Crippen LogP contribution in [0.1, 0.15) is 26.2 Å². The summed E-state index contributed by atoms with van der Waals surface area (Å²) in [4.78, 5) is 0. The van der Waals surface area contributed by atoms with E-state index in [2.05, 4.69) is 12.2 Å². The van der Waals surface area contributed by atoms with E-state index in [0.717, 1.165) is 19.0 Å². The summed E-state index contributed by atoms with van der Waals surface area (Å²) in [6, 6.07) is 0.471. The first-order chi connectivity index (χ1) is 4.84.